The van der Waals surface area contributed by atoms with Gasteiger partial charge < -0.3 is 9.47 Å². The highest BCUT2D eigenvalue weighted by molar-refractivity contribution is 6.31. The molecule has 0 aromatic heterocycles. The normalized spacial score (nSPS) is 16.1. The lowest BCUT2D eigenvalue weighted by Crippen LogP contribution is -2.34. The number of hydrogen-bond donors (Lipinski definition) is 0. The number of ether oxygens (including phenoxy) is 2. The molecule has 2 aliphatic heterocycles. The summed E-state index contributed by atoms with van der Waals surface area (Å²) in [5, 5.41) is 11.8. The minimum Gasteiger partial charge on any atom is -0.477 e. The van der Waals surface area contributed by atoms with Crippen molar-refractivity contribution in [2.45, 2.75) is 19.9 Å². The van der Waals surface area contributed by atoms with Crippen molar-refractivity contribution in [1.82, 2.24) is 4.90 Å². The third-order valence-electron chi connectivity index (χ3n) is 6.04. The Morgan fingerprint density at radius 2 is 1.97 bits per heavy atom. The smallest absolute Gasteiger partial charge is 0.270 e. The molecule has 5 rings (SSSR count). The van der Waals surface area contributed by atoms with Gasteiger partial charge in [0.1, 0.15) is 18.2 Å². The molecular weight excluding hydrogens is 456 g/mol. The number of halogens is 1. The first-order chi connectivity index (χ1) is 16.4. The van der Waals surface area contributed by atoms with Gasteiger partial charge in [0.25, 0.3) is 5.69 Å². The number of hydrogen-bond acceptors (Lipinski definition) is 6. The van der Waals surface area contributed by atoms with E-state index in [2.05, 4.69) is 4.90 Å². The predicted molar refractivity (Wildman–Crippen MR) is 128 cm³/mol. The summed E-state index contributed by atoms with van der Waals surface area (Å²) < 4.78 is 11.9. The van der Waals surface area contributed by atoms with Crippen molar-refractivity contribution in [3.63, 3.8) is 0 Å². The lowest BCUT2D eigenvalue weighted by atomic mass is 9.99. The molecule has 0 amide bonds. The Labute approximate surface area is 201 Å². The Balaban J connectivity index is 1.37. The Hall–Kier alpha value is -3.68. The van der Waals surface area contributed by atoms with Gasteiger partial charge in [0.15, 0.2) is 5.76 Å². The molecule has 3 aromatic rings. The van der Waals surface area contributed by atoms with Crippen LogP contribution in [0.2, 0.25) is 5.02 Å². The minimum absolute atomic E-state index is 0.0470. The maximum atomic E-state index is 13.1. The van der Waals surface area contributed by atoms with Crippen molar-refractivity contribution >= 4 is 29.1 Å². The zero-order chi connectivity index (χ0) is 23.8. The number of nitrogens with zero attached hydrogens (tertiary/aromatic N) is 2. The molecule has 2 heterocycles. The van der Waals surface area contributed by atoms with Crippen LogP contribution in [0, 0.1) is 17.0 Å². The number of nitro groups is 1. The maximum Gasteiger partial charge on any atom is 0.270 e. The zero-order valence-corrected chi connectivity index (χ0v) is 19.2. The van der Waals surface area contributed by atoms with Crippen molar-refractivity contribution in [3.8, 4) is 11.5 Å². The number of ketones is 1. The molecule has 34 heavy (non-hydrogen) atoms. The third kappa shape index (κ3) is 4.16. The largest absolute Gasteiger partial charge is 0.477 e. The maximum absolute atomic E-state index is 13.1. The molecule has 0 aliphatic carbocycles. The number of benzene rings is 3. The van der Waals surface area contributed by atoms with E-state index in [4.69, 9.17) is 21.1 Å². The Bertz CT molecular complexity index is 1350. The van der Waals surface area contributed by atoms with Gasteiger partial charge >= 0.3 is 0 Å². The second-order valence-corrected chi connectivity index (χ2v) is 8.73. The molecule has 8 heteroatoms. The summed E-state index contributed by atoms with van der Waals surface area (Å²) in [4.78, 5) is 25.8. The monoisotopic (exact) mass is 476 g/mol. The van der Waals surface area contributed by atoms with E-state index in [-0.39, 0.29) is 17.2 Å². The standard InChI is InChI=1S/C26H21ClN2O5/c1-16-25-19(14-28(15-33-25)10-9-18-6-2-3-8-22(18)27)13-21-24(30)23(34-26(16)21)12-17-5-4-7-20(11-17)29(31)32/h2-8,11-13H,9-10,14-15H2,1H3/b23-12-. The topological polar surface area (TPSA) is 81.9 Å². The van der Waals surface area contributed by atoms with Crippen LogP contribution in [0.1, 0.15) is 32.6 Å². The van der Waals surface area contributed by atoms with Crippen LogP contribution in [0.5, 0.6) is 11.5 Å². The van der Waals surface area contributed by atoms with Crippen LogP contribution in [0.25, 0.3) is 6.08 Å². The van der Waals surface area contributed by atoms with Gasteiger partial charge in [-0.2, -0.15) is 0 Å². The molecule has 0 atom stereocenters. The molecule has 3 aromatic carbocycles. The van der Waals surface area contributed by atoms with Gasteiger partial charge in [0, 0.05) is 41.4 Å². The quantitative estimate of drug-likeness (QED) is 0.272. The van der Waals surface area contributed by atoms with Gasteiger partial charge in [0.05, 0.1) is 10.5 Å². The zero-order valence-electron chi connectivity index (χ0n) is 18.4. The molecule has 0 radical (unpaired) electrons. The van der Waals surface area contributed by atoms with E-state index in [1.165, 1.54) is 18.2 Å². The number of Topliss-reactive ketones (excluding diaryl/α,β-unsaturated/α-hetero) is 1. The van der Waals surface area contributed by atoms with Gasteiger partial charge in [-0.05, 0) is 42.7 Å². The summed E-state index contributed by atoms with van der Waals surface area (Å²) in [6, 6.07) is 15.7. The van der Waals surface area contributed by atoms with Gasteiger partial charge in [0.2, 0.25) is 5.78 Å². The van der Waals surface area contributed by atoms with Crippen LogP contribution in [0.4, 0.5) is 5.69 Å². The number of fused-ring (bicyclic) bond motifs is 2. The van der Waals surface area contributed by atoms with Crippen LogP contribution in [0.3, 0.4) is 0 Å². The first kappa shape index (κ1) is 22.1. The first-order valence-electron chi connectivity index (χ1n) is 10.8. The summed E-state index contributed by atoms with van der Waals surface area (Å²) in [5.74, 6) is 1.10. The number of allylic oxidation sites excluding steroid dienone is 1. The second kappa shape index (κ2) is 8.93. The predicted octanol–water partition coefficient (Wildman–Crippen LogP) is 5.57. The van der Waals surface area contributed by atoms with E-state index < -0.39 is 4.92 Å². The summed E-state index contributed by atoms with van der Waals surface area (Å²) in [7, 11) is 0. The highest BCUT2D eigenvalue weighted by Crippen LogP contribution is 2.43. The molecule has 172 valence electrons. The molecule has 0 saturated carbocycles. The highest BCUT2D eigenvalue weighted by Gasteiger charge is 2.33. The van der Waals surface area contributed by atoms with Gasteiger partial charge in [-0.1, -0.05) is 41.9 Å². The molecule has 0 spiro atoms. The second-order valence-electron chi connectivity index (χ2n) is 8.33. The van der Waals surface area contributed by atoms with E-state index in [1.54, 1.807) is 12.1 Å². The van der Waals surface area contributed by atoms with E-state index in [0.717, 1.165) is 40.4 Å². The summed E-state index contributed by atoms with van der Waals surface area (Å²) in [6.07, 6.45) is 2.32. The van der Waals surface area contributed by atoms with E-state index in [1.807, 2.05) is 37.3 Å². The fourth-order valence-corrected chi connectivity index (χ4v) is 4.53. The van der Waals surface area contributed by atoms with Gasteiger partial charge in [-0.25, -0.2) is 0 Å². The molecular formula is C26H21ClN2O5. The van der Waals surface area contributed by atoms with E-state index in [9.17, 15) is 14.9 Å². The molecule has 0 fully saturated rings. The third-order valence-corrected chi connectivity index (χ3v) is 6.40. The molecule has 7 nitrogen and oxygen atoms in total. The highest BCUT2D eigenvalue weighted by atomic mass is 35.5. The Kier molecular flexibility index (Phi) is 5.81. The van der Waals surface area contributed by atoms with E-state index >= 15 is 0 Å². The van der Waals surface area contributed by atoms with Crippen molar-refractivity contribution in [2.24, 2.45) is 0 Å². The lowest BCUT2D eigenvalue weighted by Gasteiger charge is -2.30. The molecule has 0 saturated heterocycles. The summed E-state index contributed by atoms with van der Waals surface area (Å²) in [5.41, 5.74) is 3.73. The Morgan fingerprint density at radius 3 is 2.76 bits per heavy atom. The van der Waals surface area contributed by atoms with Gasteiger partial charge in [-0.15, -0.1) is 0 Å². The average Bonchev–Trinajstić information content (AvgIpc) is 3.14. The number of carbonyl (C=O) groups is 1. The van der Waals surface area contributed by atoms with Gasteiger partial charge in [-0.3, -0.25) is 19.8 Å². The molecule has 0 N–H and O–H groups in total. The fourth-order valence-electron chi connectivity index (χ4n) is 4.30. The number of non-ortho nitro benzene ring substituents is 1. The molecule has 0 unspecified atom stereocenters. The number of nitro benzene ring substituents is 1. The molecule has 0 bridgehead atoms. The molecule has 2 aliphatic rings. The van der Waals surface area contributed by atoms with Crippen LogP contribution in [-0.4, -0.2) is 28.9 Å². The summed E-state index contributed by atoms with van der Waals surface area (Å²) in [6.45, 7) is 3.72. The average molecular weight is 477 g/mol. The van der Waals surface area contributed by atoms with Crippen molar-refractivity contribution < 1.29 is 19.2 Å². The van der Waals surface area contributed by atoms with Crippen molar-refractivity contribution in [1.29, 1.82) is 0 Å². The van der Waals surface area contributed by atoms with Crippen LogP contribution >= 0.6 is 11.6 Å². The van der Waals surface area contributed by atoms with Crippen molar-refractivity contribution in [2.75, 3.05) is 13.3 Å². The summed E-state index contributed by atoms with van der Waals surface area (Å²) >= 11 is 6.28. The Morgan fingerprint density at radius 1 is 1.15 bits per heavy atom. The minimum atomic E-state index is -0.471. The fraction of sp³-hybridized carbons (Fsp3) is 0.192. The number of carbonyl (C=O) groups excluding carboxylic acids is 1. The van der Waals surface area contributed by atoms with Crippen molar-refractivity contribution in [3.05, 3.63) is 103 Å². The first-order valence-corrected chi connectivity index (χ1v) is 11.2. The lowest BCUT2D eigenvalue weighted by molar-refractivity contribution is -0.384. The van der Waals surface area contributed by atoms with E-state index in [0.29, 0.717) is 30.2 Å². The van der Waals surface area contributed by atoms with Crippen LogP contribution < -0.4 is 9.47 Å². The number of rotatable bonds is 5. The SMILES string of the molecule is Cc1c2c(cc3c1O/C(=C\c1cccc([N+](=O)[O-])c1)C3=O)CN(CCc1ccccc1Cl)CO2. The van der Waals surface area contributed by atoms with Crippen LogP contribution in [-0.2, 0) is 13.0 Å². The van der Waals surface area contributed by atoms with Crippen LogP contribution in [0.15, 0.2) is 60.4 Å².